The lowest BCUT2D eigenvalue weighted by atomic mass is 9.51. The topological polar surface area (TPSA) is 63.6 Å². The Hall–Kier alpha value is -2.30. The number of carbonyl (C=O) groups is 2. The van der Waals surface area contributed by atoms with E-state index in [0.29, 0.717) is 24.2 Å². The summed E-state index contributed by atoms with van der Waals surface area (Å²) in [6.45, 7) is 4.13. The van der Waals surface area contributed by atoms with E-state index in [-0.39, 0.29) is 35.6 Å². The van der Waals surface area contributed by atoms with E-state index in [0.717, 1.165) is 37.7 Å². The number of aliphatic hydroxyl groups is 1. The van der Waals surface area contributed by atoms with Crippen molar-refractivity contribution in [2.24, 2.45) is 23.2 Å². The molecule has 0 spiro atoms. The molecular weight excluding hydrogens is 424 g/mol. The molecule has 4 aliphatic rings. The largest absolute Gasteiger partial charge is 0.392 e. The van der Waals surface area contributed by atoms with Crippen LogP contribution in [0.2, 0.25) is 0 Å². The Balaban J connectivity index is 1.67. The number of methoxy groups -OCH3 is 1. The van der Waals surface area contributed by atoms with Gasteiger partial charge in [-0.15, -0.1) is 0 Å². The van der Waals surface area contributed by atoms with Crippen molar-refractivity contribution in [2.45, 2.75) is 64.4 Å². The number of ketones is 2. The second-order valence-electron chi connectivity index (χ2n) is 10.9. The first-order valence-electron chi connectivity index (χ1n) is 12.7. The second kappa shape index (κ2) is 9.05. The SMILES string of the molecule is CO[C@H]1CC2=CC(=O)CCC2=C2[C@@H]1[C@@H]1CC[C@@H](/C=C\CO)C1(C)C[C@@H]2c1ccc(C(C)=O)cc1. The quantitative estimate of drug-likeness (QED) is 0.460. The van der Waals surface area contributed by atoms with Crippen molar-refractivity contribution in [3.8, 4) is 0 Å². The summed E-state index contributed by atoms with van der Waals surface area (Å²) in [7, 11) is 1.82. The lowest BCUT2D eigenvalue weighted by Crippen LogP contribution is -2.48. The lowest BCUT2D eigenvalue weighted by molar-refractivity contribution is -0.114. The first-order valence-corrected chi connectivity index (χ1v) is 12.7. The highest BCUT2D eigenvalue weighted by atomic mass is 16.5. The van der Waals surface area contributed by atoms with Gasteiger partial charge >= 0.3 is 0 Å². The molecule has 0 aromatic heterocycles. The van der Waals surface area contributed by atoms with Gasteiger partial charge in [0.2, 0.25) is 0 Å². The Morgan fingerprint density at radius 3 is 2.65 bits per heavy atom. The zero-order valence-corrected chi connectivity index (χ0v) is 20.5. The highest BCUT2D eigenvalue weighted by Gasteiger charge is 2.58. The Bertz CT molecular complexity index is 1080. The summed E-state index contributed by atoms with van der Waals surface area (Å²) >= 11 is 0. The Morgan fingerprint density at radius 2 is 1.97 bits per heavy atom. The van der Waals surface area contributed by atoms with Crippen LogP contribution in [0.15, 0.2) is 59.2 Å². The molecule has 2 saturated carbocycles. The predicted octanol–water partition coefficient (Wildman–Crippen LogP) is 5.58. The van der Waals surface area contributed by atoms with Crippen molar-refractivity contribution < 1.29 is 19.4 Å². The highest BCUT2D eigenvalue weighted by Crippen LogP contribution is 2.66. The zero-order valence-electron chi connectivity index (χ0n) is 20.5. The Labute approximate surface area is 202 Å². The molecule has 1 N–H and O–H groups in total. The van der Waals surface area contributed by atoms with Crippen molar-refractivity contribution in [1.29, 1.82) is 0 Å². The van der Waals surface area contributed by atoms with Gasteiger partial charge in [-0.3, -0.25) is 9.59 Å². The van der Waals surface area contributed by atoms with Crippen LogP contribution >= 0.6 is 0 Å². The molecule has 34 heavy (non-hydrogen) atoms. The fraction of sp³-hybridized carbons (Fsp3) is 0.533. The van der Waals surface area contributed by atoms with Crippen molar-refractivity contribution in [3.05, 3.63) is 70.3 Å². The number of carbonyl (C=O) groups excluding carboxylic acids is 2. The summed E-state index contributed by atoms with van der Waals surface area (Å²) in [4.78, 5) is 24.2. The zero-order chi connectivity index (χ0) is 24.0. The van der Waals surface area contributed by atoms with E-state index in [9.17, 15) is 14.7 Å². The summed E-state index contributed by atoms with van der Waals surface area (Å²) in [6.07, 6.45) is 11.6. The predicted molar refractivity (Wildman–Crippen MR) is 133 cm³/mol. The fourth-order valence-electron chi connectivity index (χ4n) is 7.69. The smallest absolute Gasteiger partial charge is 0.159 e. The van der Waals surface area contributed by atoms with E-state index in [1.54, 1.807) is 6.92 Å². The van der Waals surface area contributed by atoms with E-state index >= 15 is 0 Å². The van der Waals surface area contributed by atoms with Crippen LogP contribution < -0.4 is 0 Å². The number of fused-ring (bicyclic) bond motifs is 4. The molecule has 0 heterocycles. The summed E-state index contributed by atoms with van der Waals surface area (Å²) < 4.78 is 6.16. The van der Waals surface area contributed by atoms with Gasteiger partial charge in [-0.2, -0.15) is 0 Å². The van der Waals surface area contributed by atoms with Crippen LogP contribution in [0.5, 0.6) is 0 Å². The van der Waals surface area contributed by atoms with Crippen molar-refractivity contribution >= 4 is 11.6 Å². The number of allylic oxidation sites excluding steroid dienone is 3. The molecule has 4 heteroatoms. The monoisotopic (exact) mass is 460 g/mol. The van der Waals surface area contributed by atoms with Gasteiger partial charge in [0.1, 0.15) is 0 Å². The van der Waals surface area contributed by atoms with E-state index in [2.05, 4.69) is 25.1 Å². The summed E-state index contributed by atoms with van der Waals surface area (Å²) in [6, 6.07) is 8.19. The molecule has 1 unspecified atom stereocenters. The van der Waals surface area contributed by atoms with E-state index in [1.807, 2.05) is 31.4 Å². The van der Waals surface area contributed by atoms with Gasteiger partial charge in [0.05, 0.1) is 12.7 Å². The first kappa shape index (κ1) is 23.4. The van der Waals surface area contributed by atoms with Crippen LogP contribution in [-0.2, 0) is 9.53 Å². The summed E-state index contributed by atoms with van der Waals surface area (Å²) in [5.41, 5.74) is 6.16. The summed E-state index contributed by atoms with van der Waals surface area (Å²) in [5.74, 6) is 1.82. The molecule has 0 radical (unpaired) electrons. The minimum atomic E-state index is 0.0695. The molecule has 0 aliphatic heterocycles. The van der Waals surface area contributed by atoms with E-state index < -0.39 is 0 Å². The number of hydrogen-bond acceptors (Lipinski definition) is 4. The number of hydrogen-bond donors (Lipinski definition) is 1. The summed E-state index contributed by atoms with van der Waals surface area (Å²) in [5, 5.41) is 9.45. The Kier molecular flexibility index (Phi) is 6.24. The molecule has 2 fully saturated rings. The second-order valence-corrected chi connectivity index (χ2v) is 10.9. The molecule has 6 atom stereocenters. The van der Waals surface area contributed by atoms with Gasteiger partial charge in [0.15, 0.2) is 11.6 Å². The van der Waals surface area contributed by atoms with Gasteiger partial charge in [-0.25, -0.2) is 0 Å². The third-order valence-corrected chi connectivity index (χ3v) is 9.31. The first-order chi connectivity index (χ1) is 16.4. The Morgan fingerprint density at radius 1 is 1.21 bits per heavy atom. The lowest BCUT2D eigenvalue weighted by Gasteiger charge is -2.54. The van der Waals surface area contributed by atoms with Crippen molar-refractivity contribution in [3.63, 3.8) is 0 Å². The highest BCUT2D eigenvalue weighted by molar-refractivity contribution is 5.94. The molecular formula is C30H36O4. The van der Waals surface area contributed by atoms with E-state index in [1.165, 1.54) is 22.3 Å². The van der Waals surface area contributed by atoms with Crippen molar-refractivity contribution in [2.75, 3.05) is 13.7 Å². The maximum atomic E-state index is 12.3. The molecule has 1 aromatic carbocycles. The van der Waals surface area contributed by atoms with Crippen LogP contribution in [0.3, 0.4) is 0 Å². The number of aliphatic hydroxyl groups excluding tert-OH is 1. The molecule has 180 valence electrons. The third-order valence-electron chi connectivity index (χ3n) is 9.31. The van der Waals surface area contributed by atoms with Crippen LogP contribution in [0, 0.1) is 23.2 Å². The van der Waals surface area contributed by atoms with Crippen LogP contribution in [0.4, 0.5) is 0 Å². The van der Waals surface area contributed by atoms with E-state index in [4.69, 9.17) is 4.74 Å². The van der Waals surface area contributed by atoms with Crippen LogP contribution in [-0.4, -0.2) is 36.5 Å². The molecule has 1 aromatic rings. The maximum absolute atomic E-state index is 12.3. The minimum absolute atomic E-state index is 0.0695. The van der Waals surface area contributed by atoms with Crippen molar-refractivity contribution in [1.82, 2.24) is 0 Å². The van der Waals surface area contributed by atoms with Gasteiger partial charge in [-0.1, -0.05) is 48.9 Å². The molecule has 0 saturated heterocycles. The average Bonchev–Trinajstić information content (AvgIpc) is 3.17. The molecule has 0 amide bonds. The average molecular weight is 461 g/mol. The number of benzene rings is 1. The normalized spacial score (nSPS) is 35.1. The molecule has 0 bridgehead atoms. The maximum Gasteiger partial charge on any atom is 0.159 e. The standard InChI is InChI=1S/C30H36O4/c1-18(32)19-6-8-20(9-7-19)25-17-30(2)22(5-4-14-31)10-13-26(30)29-27(34-3)16-21-15-23(33)11-12-24(21)28(25)29/h4-9,15,22,25-27,29,31H,10-14,16-17H2,1-3H3/b5-4-/t22-,25-,26+,27+,29-,30?/m1/s1. The van der Waals surface area contributed by atoms with Gasteiger partial charge in [0, 0.05) is 30.9 Å². The van der Waals surface area contributed by atoms with Gasteiger partial charge in [-0.05, 0) is 79.1 Å². The number of rotatable bonds is 5. The number of Topliss-reactive ketones (excluding diaryl/α,β-unsaturated/α-hetero) is 1. The van der Waals surface area contributed by atoms with Gasteiger partial charge < -0.3 is 9.84 Å². The fourth-order valence-corrected chi connectivity index (χ4v) is 7.69. The third kappa shape index (κ3) is 3.76. The molecule has 5 rings (SSSR count). The van der Waals surface area contributed by atoms with Crippen LogP contribution in [0.25, 0.3) is 0 Å². The molecule has 4 nitrogen and oxygen atoms in total. The molecule has 4 aliphatic carbocycles. The van der Waals surface area contributed by atoms with Crippen LogP contribution in [0.1, 0.15) is 74.2 Å². The number of ether oxygens (including phenoxy) is 1. The minimum Gasteiger partial charge on any atom is -0.392 e. The van der Waals surface area contributed by atoms with Gasteiger partial charge in [0.25, 0.3) is 0 Å².